The molecule has 2 N–H and O–H groups in total. The molecule has 1 heterocycles. The van der Waals surface area contributed by atoms with Gasteiger partial charge in [0.2, 0.25) is 0 Å². The van der Waals surface area contributed by atoms with Crippen molar-refractivity contribution in [3.63, 3.8) is 0 Å². The largest absolute Gasteiger partial charge is 0.327 e. The molecule has 0 aliphatic heterocycles. The molecule has 0 spiro atoms. The minimum Gasteiger partial charge on any atom is -0.327 e. The molecule has 1 unspecified atom stereocenters. The Bertz CT molecular complexity index is 463. The third-order valence-electron chi connectivity index (χ3n) is 3.48. The lowest BCUT2D eigenvalue weighted by Gasteiger charge is -2.14. The lowest BCUT2D eigenvalue weighted by molar-refractivity contribution is -0.386. The Morgan fingerprint density at radius 3 is 2.61 bits per heavy atom. The number of hydrogen-bond acceptors (Lipinski definition) is 4. The van der Waals surface area contributed by atoms with Crippen molar-refractivity contribution in [1.82, 2.24) is 9.78 Å². The first kappa shape index (κ1) is 13.0. The highest BCUT2D eigenvalue weighted by Crippen LogP contribution is 2.35. The average molecular weight is 252 g/mol. The van der Waals surface area contributed by atoms with E-state index in [0.29, 0.717) is 23.7 Å². The van der Waals surface area contributed by atoms with Gasteiger partial charge >= 0.3 is 5.69 Å². The van der Waals surface area contributed by atoms with Gasteiger partial charge in [0.1, 0.15) is 11.4 Å². The van der Waals surface area contributed by atoms with Crippen LogP contribution in [-0.2, 0) is 6.42 Å². The van der Waals surface area contributed by atoms with Crippen LogP contribution in [0.15, 0.2) is 0 Å². The van der Waals surface area contributed by atoms with Gasteiger partial charge in [-0.1, -0.05) is 0 Å². The van der Waals surface area contributed by atoms with Crippen LogP contribution < -0.4 is 5.73 Å². The molecule has 1 atom stereocenters. The first-order valence-electron chi connectivity index (χ1n) is 6.39. The fraction of sp³-hybridized carbons (Fsp3) is 0.750. The van der Waals surface area contributed by atoms with Crippen LogP contribution in [0.1, 0.15) is 44.1 Å². The summed E-state index contributed by atoms with van der Waals surface area (Å²) in [5, 5.41) is 15.4. The molecule has 1 aliphatic carbocycles. The fourth-order valence-electron chi connectivity index (χ4n) is 2.36. The van der Waals surface area contributed by atoms with Crippen LogP contribution in [0, 0.1) is 23.0 Å². The Labute approximate surface area is 106 Å². The Hall–Kier alpha value is -1.43. The lowest BCUT2D eigenvalue weighted by atomic mass is 10.1. The summed E-state index contributed by atoms with van der Waals surface area (Å²) in [6.07, 6.45) is 2.83. The van der Waals surface area contributed by atoms with Gasteiger partial charge in [0.25, 0.3) is 0 Å². The fourth-order valence-corrected chi connectivity index (χ4v) is 2.36. The predicted molar refractivity (Wildman–Crippen MR) is 68.4 cm³/mol. The van der Waals surface area contributed by atoms with E-state index < -0.39 is 0 Å². The topological polar surface area (TPSA) is 87.0 Å². The van der Waals surface area contributed by atoms with Crippen molar-refractivity contribution < 1.29 is 4.92 Å². The number of aromatic nitrogens is 2. The number of hydrogen-bond donors (Lipinski definition) is 1. The molecule has 1 fully saturated rings. The average Bonchev–Trinajstić information content (AvgIpc) is 3.03. The zero-order chi connectivity index (χ0) is 13.4. The first-order valence-corrected chi connectivity index (χ1v) is 6.39. The van der Waals surface area contributed by atoms with Crippen LogP contribution in [0.4, 0.5) is 5.69 Å². The first-order chi connectivity index (χ1) is 8.41. The van der Waals surface area contributed by atoms with Crippen LogP contribution in [0.3, 0.4) is 0 Å². The number of rotatable bonds is 5. The third kappa shape index (κ3) is 2.38. The van der Waals surface area contributed by atoms with Gasteiger partial charge in [-0.3, -0.25) is 14.8 Å². The Kier molecular flexibility index (Phi) is 3.38. The molecule has 6 nitrogen and oxygen atoms in total. The Morgan fingerprint density at radius 1 is 1.56 bits per heavy atom. The van der Waals surface area contributed by atoms with Crippen molar-refractivity contribution in [3.8, 4) is 0 Å². The Balaban J connectivity index is 2.36. The van der Waals surface area contributed by atoms with Gasteiger partial charge in [-0.15, -0.1) is 0 Å². The summed E-state index contributed by atoms with van der Waals surface area (Å²) in [6.45, 7) is 5.63. The van der Waals surface area contributed by atoms with E-state index in [1.807, 2.05) is 13.8 Å². The molecule has 1 saturated carbocycles. The quantitative estimate of drug-likeness (QED) is 0.641. The van der Waals surface area contributed by atoms with E-state index in [1.165, 1.54) is 0 Å². The number of aryl methyl sites for hydroxylation is 1. The molecular formula is C12H20N4O2. The van der Waals surface area contributed by atoms with Crippen LogP contribution >= 0.6 is 0 Å². The van der Waals surface area contributed by atoms with Crippen molar-refractivity contribution in [2.45, 2.75) is 52.1 Å². The summed E-state index contributed by atoms with van der Waals surface area (Å²) in [7, 11) is 0. The Morgan fingerprint density at radius 2 is 2.17 bits per heavy atom. The van der Waals surface area contributed by atoms with E-state index >= 15 is 0 Å². The molecule has 1 aromatic heterocycles. The van der Waals surface area contributed by atoms with Gasteiger partial charge in [-0.05, 0) is 39.5 Å². The highest BCUT2D eigenvalue weighted by atomic mass is 16.6. The second kappa shape index (κ2) is 4.68. The zero-order valence-electron chi connectivity index (χ0n) is 11.1. The van der Waals surface area contributed by atoms with Crippen molar-refractivity contribution in [2.24, 2.45) is 11.7 Å². The molecule has 0 aromatic carbocycles. The number of nitro groups is 1. The van der Waals surface area contributed by atoms with Gasteiger partial charge in [-0.25, -0.2) is 0 Å². The van der Waals surface area contributed by atoms with Crippen molar-refractivity contribution in [3.05, 3.63) is 21.5 Å². The van der Waals surface area contributed by atoms with Gasteiger partial charge < -0.3 is 5.73 Å². The summed E-state index contributed by atoms with van der Waals surface area (Å²) in [5.41, 5.74) is 7.38. The number of nitrogens with zero attached hydrogens (tertiary/aromatic N) is 3. The maximum absolute atomic E-state index is 11.2. The minimum absolute atomic E-state index is 0.0114. The van der Waals surface area contributed by atoms with E-state index in [0.717, 1.165) is 12.8 Å². The summed E-state index contributed by atoms with van der Waals surface area (Å²) in [6, 6.07) is 0.121. The highest BCUT2D eigenvalue weighted by Gasteiger charge is 2.33. The SMILES string of the molecule is Cc1nn(C(C)C)c(CC(N)C2CC2)c1[N+](=O)[O-]. The van der Waals surface area contributed by atoms with Gasteiger partial charge in [0.15, 0.2) is 0 Å². The van der Waals surface area contributed by atoms with E-state index in [2.05, 4.69) is 5.10 Å². The molecule has 0 radical (unpaired) electrons. The lowest BCUT2D eigenvalue weighted by Crippen LogP contribution is -2.27. The molecule has 1 aliphatic rings. The van der Waals surface area contributed by atoms with Crippen molar-refractivity contribution in [2.75, 3.05) is 0 Å². The van der Waals surface area contributed by atoms with Crippen LogP contribution in [-0.4, -0.2) is 20.7 Å². The molecule has 0 bridgehead atoms. The third-order valence-corrected chi connectivity index (χ3v) is 3.48. The smallest absolute Gasteiger partial charge is 0.313 e. The predicted octanol–water partition coefficient (Wildman–Crippen LogP) is 1.96. The van der Waals surface area contributed by atoms with Gasteiger partial charge in [0.05, 0.1) is 4.92 Å². The highest BCUT2D eigenvalue weighted by molar-refractivity contribution is 5.41. The summed E-state index contributed by atoms with van der Waals surface area (Å²) in [4.78, 5) is 10.8. The van der Waals surface area contributed by atoms with Crippen LogP contribution in [0.5, 0.6) is 0 Å². The summed E-state index contributed by atoms with van der Waals surface area (Å²) < 4.78 is 1.75. The molecule has 6 heteroatoms. The maximum Gasteiger partial charge on any atom is 0.313 e. The molecule has 0 amide bonds. The van der Waals surface area contributed by atoms with Crippen molar-refractivity contribution in [1.29, 1.82) is 0 Å². The minimum atomic E-state index is -0.337. The standard InChI is InChI=1S/C12H20N4O2/c1-7(2)15-11(6-10(13)9-4-5-9)12(16(17)18)8(3)14-15/h7,9-10H,4-6,13H2,1-3H3. The van der Waals surface area contributed by atoms with Gasteiger partial charge in [-0.2, -0.15) is 5.10 Å². The molecule has 0 saturated heterocycles. The monoisotopic (exact) mass is 252 g/mol. The van der Waals surface area contributed by atoms with E-state index in [-0.39, 0.29) is 22.7 Å². The summed E-state index contributed by atoms with van der Waals surface area (Å²) in [5.74, 6) is 0.528. The molecule has 100 valence electrons. The van der Waals surface area contributed by atoms with Crippen molar-refractivity contribution >= 4 is 5.69 Å². The zero-order valence-corrected chi connectivity index (χ0v) is 11.1. The molecular weight excluding hydrogens is 232 g/mol. The number of nitrogens with two attached hydrogens (primary N) is 1. The summed E-state index contributed by atoms with van der Waals surface area (Å²) >= 11 is 0. The molecule has 1 aromatic rings. The van der Waals surface area contributed by atoms with E-state index in [4.69, 9.17) is 5.73 Å². The maximum atomic E-state index is 11.2. The van der Waals surface area contributed by atoms with Crippen LogP contribution in [0.2, 0.25) is 0 Å². The van der Waals surface area contributed by atoms with E-state index in [1.54, 1.807) is 11.6 Å². The second-order valence-electron chi connectivity index (χ2n) is 5.38. The van der Waals surface area contributed by atoms with Gasteiger partial charge in [0, 0.05) is 18.5 Å². The van der Waals surface area contributed by atoms with Crippen LogP contribution in [0.25, 0.3) is 0 Å². The molecule has 18 heavy (non-hydrogen) atoms. The normalized spacial score (nSPS) is 17.2. The molecule has 2 rings (SSSR count). The second-order valence-corrected chi connectivity index (χ2v) is 5.38. The van der Waals surface area contributed by atoms with E-state index in [9.17, 15) is 10.1 Å².